The number of carboxylic acids is 1. The third-order valence-electron chi connectivity index (χ3n) is 5.13. The smallest absolute Gasteiger partial charge is 0.308 e. The molecule has 2 saturated carbocycles. The molecule has 112 valence electrons. The summed E-state index contributed by atoms with van der Waals surface area (Å²) in [6.45, 7) is 0.696. The van der Waals surface area contributed by atoms with E-state index >= 15 is 0 Å². The number of hydrogen-bond acceptors (Lipinski definition) is 3. The van der Waals surface area contributed by atoms with Crippen LogP contribution >= 0.6 is 0 Å². The summed E-state index contributed by atoms with van der Waals surface area (Å²) in [5.74, 6) is -0.892. The fourth-order valence-electron chi connectivity index (χ4n) is 3.85. The lowest BCUT2D eigenvalue weighted by Crippen LogP contribution is -2.57. The molecule has 2 saturated heterocycles. The van der Waals surface area contributed by atoms with Gasteiger partial charge in [0.05, 0.1) is 23.7 Å². The zero-order valence-corrected chi connectivity index (χ0v) is 11.8. The van der Waals surface area contributed by atoms with E-state index in [0.717, 1.165) is 25.7 Å². The lowest BCUT2D eigenvalue weighted by Gasteiger charge is -2.48. The summed E-state index contributed by atoms with van der Waals surface area (Å²) >= 11 is 0. The van der Waals surface area contributed by atoms with Gasteiger partial charge in [-0.25, -0.2) is 0 Å². The highest BCUT2D eigenvalue weighted by Crippen LogP contribution is 2.40. The van der Waals surface area contributed by atoms with E-state index in [1.165, 1.54) is 0 Å². The highest BCUT2D eigenvalue weighted by Gasteiger charge is 2.46. The quantitative estimate of drug-likeness (QED) is 0.916. The number of carboxylic acid groups (broad SMARTS) is 1. The molecule has 21 heavy (non-hydrogen) atoms. The van der Waals surface area contributed by atoms with Crippen LogP contribution in [0.25, 0.3) is 0 Å². The molecule has 1 aromatic rings. The molecule has 0 aromatic carbocycles. The van der Waals surface area contributed by atoms with Gasteiger partial charge in [-0.1, -0.05) is 0 Å². The van der Waals surface area contributed by atoms with Crippen molar-refractivity contribution in [2.24, 2.45) is 11.8 Å². The fourth-order valence-corrected chi connectivity index (χ4v) is 3.85. The van der Waals surface area contributed by atoms with Crippen LogP contribution in [0.3, 0.4) is 0 Å². The van der Waals surface area contributed by atoms with E-state index in [2.05, 4.69) is 5.10 Å². The number of fused-ring (bicyclic) bond motifs is 3. The minimum atomic E-state index is -0.768. The van der Waals surface area contributed by atoms with Gasteiger partial charge in [0.2, 0.25) is 0 Å². The Bertz CT molecular complexity index is 593. The Labute approximate surface area is 122 Å². The minimum absolute atomic E-state index is 0.0532. The molecule has 3 heterocycles. The number of hydrogen-bond donors (Lipinski definition) is 1. The molecule has 1 N–H and O–H groups in total. The second kappa shape index (κ2) is 4.58. The summed E-state index contributed by atoms with van der Waals surface area (Å²) in [5, 5.41) is 13.6. The maximum atomic E-state index is 12.7. The van der Waals surface area contributed by atoms with Crippen molar-refractivity contribution in [1.82, 2.24) is 14.7 Å². The van der Waals surface area contributed by atoms with Crippen LogP contribution in [0.5, 0.6) is 0 Å². The summed E-state index contributed by atoms with van der Waals surface area (Å²) in [4.78, 5) is 25.9. The van der Waals surface area contributed by atoms with E-state index in [1.54, 1.807) is 11.1 Å². The summed E-state index contributed by atoms with van der Waals surface area (Å²) in [7, 11) is 0. The third-order valence-corrected chi connectivity index (χ3v) is 5.13. The van der Waals surface area contributed by atoms with Gasteiger partial charge in [0.1, 0.15) is 0 Å². The van der Waals surface area contributed by atoms with Gasteiger partial charge in [0.25, 0.3) is 5.91 Å². The van der Waals surface area contributed by atoms with Crippen LogP contribution in [0, 0.1) is 11.8 Å². The van der Waals surface area contributed by atoms with Crippen LogP contribution in [0.4, 0.5) is 0 Å². The SMILES string of the molecule is O=C(O)[C@@H]1C[C@H]2CC[C@@H]1N(C(=O)c1cnn(C3CC3)c1)C2. The Hall–Kier alpha value is -1.85. The molecule has 0 unspecified atom stereocenters. The van der Waals surface area contributed by atoms with E-state index in [9.17, 15) is 14.7 Å². The minimum Gasteiger partial charge on any atom is -0.481 e. The molecular weight excluding hydrogens is 270 g/mol. The normalized spacial score (nSPS) is 31.4. The predicted molar refractivity (Wildman–Crippen MR) is 73.8 cm³/mol. The van der Waals surface area contributed by atoms with Crippen molar-refractivity contribution in [3.63, 3.8) is 0 Å². The van der Waals surface area contributed by atoms with Crippen LogP contribution in [-0.4, -0.2) is 44.3 Å². The van der Waals surface area contributed by atoms with Gasteiger partial charge in [-0.3, -0.25) is 14.3 Å². The number of nitrogens with zero attached hydrogens (tertiary/aromatic N) is 3. The van der Waals surface area contributed by atoms with Gasteiger partial charge in [0, 0.05) is 18.8 Å². The lowest BCUT2D eigenvalue weighted by atomic mass is 9.72. The summed E-state index contributed by atoms with van der Waals surface area (Å²) in [6, 6.07) is 0.306. The number of carbonyl (C=O) groups is 2. The van der Waals surface area contributed by atoms with E-state index in [-0.39, 0.29) is 11.9 Å². The van der Waals surface area contributed by atoms with Crippen LogP contribution in [0.2, 0.25) is 0 Å². The van der Waals surface area contributed by atoms with Crippen molar-refractivity contribution in [2.75, 3.05) is 6.54 Å². The molecular formula is C15H19N3O3. The number of amides is 1. The average molecular weight is 289 g/mol. The maximum absolute atomic E-state index is 12.7. The van der Waals surface area contributed by atoms with Crippen molar-refractivity contribution >= 4 is 11.9 Å². The van der Waals surface area contributed by atoms with Crippen LogP contribution < -0.4 is 0 Å². The molecule has 6 nitrogen and oxygen atoms in total. The number of aromatic nitrogens is 2. The fraction of sp³-hybridized carbons (Fsp3) is 0.667. The second-order valence-corrected chi connectivity index (χ2v) is 6.59. The van der Waals surface area contributed by atoms with Crippen molar-refractivity contribution in [3.8, 4) is 0 Å². The van der Waals surface area contributed by atoms with E-state index in [4.69, 9.17) is 0 Å². The first-order valence-corrected chi connectivity index (χ1v) is 7.71. The van der Waals surface area contributed by atoms with E-state index in [0.29, 0.717) is 30.5 Å². The molecule has 0 radical (unpaired) electrons. The second-order valence-electron chi connectivity index (χ2n) is 6.59. The largest absolute Gasteiger partial charge is 0.481 e. The molecule has 2 bridgehead atoms. The monoisotopic (exact) mass is 289 g/mol. The Morgan fingerprint density at radius 1 is 1.24 bits per heavy atom. The maximum Gasteiger partial charge on any atom is 0.308 e. The molecule has 4 fully saturated rings. The highest BCUT2D eigenvalue weighted by molar-refractivity contribution is 5.94. The van der Waals surface area contributed by atoms with Gasteiger partial charge in [-0.2, -0.15) is 5.10 Å². The zero-order valence-electron chi connectivity index (χ0n) is 11.8. The molecule has 1 amide bonds. The Kier molecular flexibility index (Phi) is 2.80. The van der Waals surface area contributed by atoms with Gasteiger partial charge in [-0.15, -0.1) is 0 Å². The van der Waals surface area contributed by atoms with E-state index in [1.807, 2.05) is 10.9 Å². The Balaban J connectivity index is 1.56. The van der Waals surface area contributed by atoms with Crippen LogP contribution in [-0.2, 0) is 4.79 Å². The van der Waals surface area contributed by atoms with Crippen molar-refractivity contribution in [2.45, 2.75) is 44.2 Å². The first kappa shape index (κ1) is 12.9. The zero-order chi connectivity index (χ0) is 14.6. The third kappa shape index (κ3) is 2.13. The number of aliphatic carboxylic acids is 1. The lowest BCUT2D eigenvalue weighted by molar-refractivity contribution is -0.148. The highest BCUT2D eigenvalue weighted by atomic mass is 16.4. The molecule has 1 aromatic heterocycles. The first-order valence-electron chi connectivity index (χ1n) is 7.71. The Morgan fingerprint density at radius 2 is 2.05 bits per heavy atom. The number of rotatable bonds is 3. The van der Waals surface area contributed by atoms with E-state index < -0.39 is 11.9 Å². The van der Waals surface area contributed by atoms with Crippen molar-refractivity contribution in [3.05, 3.63) is 18.0 Å². The average Bonchev–Trinajstić information content (AvgIpc) is 3.24. The molecule has 0 spiro atoms. The Morgan fingerprint density at radius 3 is 2.71 bits per heavy atom. The molecule has 3 atom stereocenters. The molecule has 2 aliphatic carbocycles. The van der Waals surface area contributed by atoms with Crippen molar-refractivity contribution < 1.29 is 14.7 Å². The molecule has 5 rings (SSSR count). The van der Waals surface area contributed by atoms with Crippen LogP contribution in [0.1, 0.15) is 48.5 Å². The van der Waals surface area contributed by atoms with Crippen LogP contribution in [0.15, 0.2) is 12.4 Å². The topological polar surface area (TPSA) is 75.4 Å². The summed E-state index contributed by atoms with van der Waals surface area (Å²) < 4.78 is 1.87. The van der Waals surface area contributed by atoms with Gasteiger partial charge in [-0.05, 0) is 38.0 Å². The van der Waals surface area contributed by atoms with Gasteiger partial charge in [0.15, 0.2) is 0 Å². The molecule has 6 heteroatoms. The van der Waals surface area contributed by atoms with Crippen molar-refractivity contribution in [1.29, 1.82) is 0 Å². The summed E-state index contributed by atoms with van der Waals surface area (Å²) in [5.41, 5.74) is 0.596. The predicted octanol–water partition coefficient (Wildman–Crippen LogP) is 1.54. The molecule has 4 aliphatic rings. The molecule has 2 aliphatic heterocycles. The number of carbonyl (C=O) groups excluding carboxylic acids is 1. The summed E-state index contributed by atoms with van der Waals surface area (Å²) in [6.07, 6.45) is 8.27. The van der Waals surface area contributed by atoms with Gasteiger partial charge >= 0.3 is 5.97 Å². The standard InChI is InChI=1S/C15H19N3O3/c19-14(10-6-16-18(8-10)11-2-3-11)17-7-9-1-4-13(17)12(5-9)15(20)21/h6,8-9,11-13H,1-5,7H2,(H,20,21)/t9-,12-,13+/m1/s1. The van der Waals surface area contributed by atoms with Gasteiger partial charge < -0.3 is 10.0 Å². The first-order chi connectivity index (χ1) is 10.1. The number of piperidine rings is 2.